The van der Waals surface area contributed by atoms with E-state index in [1.165, 1.54) is 12.8 Å². The van der Waals surface area contributed by atoms with Crippen LogP contribution in [0.3, 0.4) is 0 Å². The topological polar surface area (TPSA) is 59.4 Å². The van der Waals surface area contributed by atoms with Crippen LogP contribution in [0, 0.1) is 5.92 Å². The Labute approximate surface area is 173 Å². The van der Waals surface area contributed by atoms with Crippen molar-refractivity contribution in [3.8, 4) is 0 Å². The number of para-hydroxylation sites is 1. The highest BCUT2D eigenvalue weighted by Gasteiger charge is 2.39. The summed E-state index contributed by atoms with van der Waals surface area (Å²) in [5.74, 6) is 0.427. The molecular weight excluding hydrogens is 364 g/mol. The maximum atomic E-state index is 13.2. The number of aromatic nitrogens is 2. The molecule has 1 aromatic heterocycles. The van der Waals surface area contributed by atoms with Gasteiger partial charge in [-0.1, -0.05) is 45.4 Å². The molecule has 158 valence electrons. The summed E-state index contributed by atoms with van der Waals surface area (Å²) in [6.45, 7) is 10.1. The Bertz CT molecular complexity index is 833. The van der Waals surface area contributed by atoms with E-state index < -0.39 is 0 Å². The van der Waals surface area contributed by atoms with Gasteiger partial charge in [-0.25, -0.2) is 0 Å². The lowest BCUT2D eigenvalue weighted by Crippen LogP contribution is -2.60. The Morgan fingerprint density at radius 1 is 1.24 bits per heavy atom. The Hall–Kier alpha value is -1.92. The summed E-state index contributed by atoms with van der Waals surface area (Å²) in [5.41, 5.74) is 1.59. The first-order valence-corrected chi connectivity index (χ1v) is 11.2. The largest absolute Gasteiger partial charge is 0.378 e. The molecule has 6 heteroatoms. The molecule has 2 atom stereocenters. The van der Waals surface area contributed by atoms with Crippen LogP contribution in [0.4, 0.5) is 0 Å². The zero-order valence-corrected chi connectivity index (χ0v) is 17.9. The predicted octanol–water partition coefficient (Wildman–Crippen LogP) is 3.45. The Morgan fingerprint density at radius 2 is 1.97 bits per heavy atom. The molecule has 2 aliphatic rings. The van der Waals surface area contributed by atoms with Crippen LogP contribution in [-0.2, 0) is 11.3 Å². The average Bonchev–Trinajstić information content (AvgIpc) is 3.04. The van der Waals surface area contributed by atoms with Gasteiger partial charge in [0.2, 0.25) is 0 Å². The Balaban J connectivity index is 1.49. The molecule has 0 radical (unpaired) electrons. The van der Waals surface area contributed by atoms with Crippen LogP contribution in [0.5, 0.6) is 0 Å². The van der Waals surface area contributed by atoms with Gasteiger partial charge in [0.1, 0.15) is 0 Å². The lowest BCUT2D eigenvalue weighted by molar-refractivity contribution is -0.0802. The second-order valence-corrected chi connectivity index (χ2v) is 9.02. The van der Waals surface area contributed by atoms with Crippen molar-refractivity contribution in [3.05, 3.63) is 30.0 Å². The third-order valence-electron chi connectivity index (χ3n) is 6.19. The smallest absolute Gasteiger partial charge is 0.272 e. The number of morpholine rings is 1. The van der Waals surface area contributed by atoms with Crippen LogP contribution in [-0.4, -0.2) is 58.5 Å². The number of hydrogen-bond donors (Lipinski definition) is 1. The number of rotatable bonds is 7. The molecule has 2 aromatic rings. The summed E-state index contributed by atoms with van der Waals surface area (Å²) in [6, 6.07) is 9.06. The molecule has 2 bridgehead atoms. The third kappa shape index (κ3) is 4.33. The molecule has 3 heterocycles. The third-order valence-corrected chi connectivity index (χ3v) is 6.19. The number of nitrogens with one attached hydrogen (secondary N) is 1. The first kappa shape index (κ1) is 20.4. The molecule has 2 aliphatic heterocycles. The maximum Gasteiger partial charge on any atom is 0.272 e. The minimum Gasteiger partial charge on any atom is -0.378 e. The zero-order valence-electron chi connectivity index (χ0n) is 17.9. The number of benzene rings is 1. The fourth-order valence-electron chi connectivity index (χ4n) is 4.85. The van der Waals surface area contributed by atoms with Gasteiger partial charge in [0, 0.05) is 30.1 Å². The van der Waals surface area contributed by atoms with Gasteiger partial charge in [0.05, 0.1) is 18.7 Å². The van der Waals surface area contributed by atoms with Crippen molar-refractivity contribution >= 4 is 16.8 Å². The normalized spacial score (nSPS) is 24.9. The van der Waals surface area contributed by atoms with Crippen LogP contribution in [0.1, 0.15) is 56.9 Å². The molecule has 29 heavy (non-hydrogen) atoms. The lowest BCUT2D eigenvalue weighted by atomic mass is 9.89. The van der Waals surface area contributed by atoms with Crippen molar-refractivity contribution in [2.45, 2.75) is 71.1 Å². The highest BCUT2D eigenvalue weighted by Crippen LogP contribution is 2.29. The predicted molar refractivity (Wildman–Crippen MR) is 115 cm³/mol. The standard InChI is InChI=1S/C23H34N4O2/c1-4-5-10-26-18-11-17(12-19(26)15-29-14-18)24-23(28)22-20-8-6-7-9-21(20)27(25-22)13-16(2)3/h6-9,16-19H,4-5,10-15H2,1-3H3,(H,24,28). The monoisotopic (exact) mass is 398 g/mol. The average molecular weight is 399 g/mol. The van der Waals surface area contributed by atoms with Crippen molar-refractivity contribution < 1.29 is 9.53 Å². The molecule has 0 aliphatic carbocycles. The van der Waals surface area contributed by atoms with Crippen LogP contribution in [0.2, 0.25) is 0 Å². The van der Waals surface area contributed by atoms with Crippen LogP contribution < -0.4 is 5.32 Å². The summed E-state index contributed by atoms with van der Waals surface area (Å²) in [4.78, 5) is 15.8. The van der Waals surface area contributed by atoms with E-state index in [1.54, 1.807) is 0 Å². The van der Waals surface area contributed by atoms with E-state index in [0.717, 1.165) is 50.0 Å². The number of ether oxygens (including phenoxy) is 1. The SMILES string of the molecule is CCCCN1C2COCC1CC(NC(=O)c1nn(CC(C)C)c3ccccc13)C2. The molecule has 1 aromatic carbocycles. The van der Waals surface area contributed by atoms with Crippen molar-refractivity contribution in [1.82, 2.24) is 20.0 Å². The summed E-state index contributed by atoms with van der Waals surface area (Å²) in [7, 11) is 0. The fourth-order valence-corrected chi connectivity index (χ4v) is 4.85. The van der Waals surface area contributed by atoms with Crippen LogP contribution in [0.25, 0.3) is 10.9 Å². The summed E-state index contributed by atoms with van der Waals surface area (Å²) < 4.78 is 7.79. The van der Waals surface area contributed by atoms with E-state index in [4.69, 9.17) is 9.84 Å². The minimum absolute atomic E-state index is 0.0466. The van der Waals surface area contributed by atoms with Gasteiger partial charge >= 0.3 is 0 Å². The molecule has 1 amide bonds. The van der Waals surface area contributed by atoms with Crippen molar-refractivity contribution in [2.24, 2.45) is 5.92 Å². The van der Waals surface area contributed by atoms with Crippen LogP contribution >= 0.6 is 0 Å². The number of piperidine rings is 1. The highest BCUT2D eigenvalue weighted by atomic mass is 16.5. The molecule has 6 nitrogen and oxygen atoms in total. The van der Waals surface area contributed by atoms with E-state index in [2.05, 4.69) is 37.1 Å². The van der Waals surface area contributed by atoms with E-state index in [1.807, 2.05) is 22.9 Å². The number of unbranched alkanes of at least 4 members (excludes halogenated alkanes) is 1. The minimum atomic E-state index is -0.0466. The molecular formula is C23H34N4O2. The molecule has 1 N–H and O–H groups in total. The van der Waals surface area contributed by atoms with Gasteiger partial charge in [0.25, 0.3) is 5.91 Å². The number of fused-ring (bicyclic) bond motifs is 3. The second kappa shape index (κ2) is 8.84. The quantitative estimate of drug-likeness (QED) is 0.776. The van der Waals surface area contributed by atoms with Gasteiger partial charge in [-0.05, 0) is 37.8 Å². The van der Waals surface area contributed by atoms with Crippen molar-refractivity contribution in [3.63, 3.8) is 0 Å². The van der Waals surface area contributed by atoms with Gasteiger partial charge in [-0.2, -0.15) is 5.10 Å². The van der Waals surface area contributed by atoms with E-state index in [9.17, 15) is 4.79 Å². The summed E-state index contributed by atoms with van der Waals surface area (Å²) >= 11 is 0. The summed E-state index contributed by atoms with van der Waals surface area (Å²) in [6.07, 6.45) is 4.35. The number of carbonyl (C=O) groups is 1. The Morgan fingerprint density at radius 3 is 2.66 bits per heavy atom. The molecule has 0 spiro atoms. The van der Waals surface area contributed by atoms with Crippen molar-refractivity contribution in [1.29, 1.82) is 0 Å². The maximum absolute atomic E-state index is 13.2. The summed E-state index contributed by atoms with van der Waals surface area (Å²) in [5, 5.41) is 8.93. The lowest BCUT2D eigenvalue weighted by Gasteiger charge is -2.48. The number of hydrogen-bond acceptors (Lipinski definition) is 4. The number of amides is 1. The Kier molecular flexibility index (Phi) is 6.20. The van der Waals surface area contributed by atoms with Gasteiger partial charge in [-0.15, -0.1) is 0 Å². The zero-order chi connectivity index (χ0) is 20.4. The van der Waals surface area contributed by atoms with E-state index >= 15 is 0 Å². The molecule has 2 unspecified atom stereocenters. The first-order chi connectivity index (χ1) is 14.1. The number of nitrogens with zero attached hydrogens (tertiary/aromatic N) is 3. The molecule has 2 saturated heterocycles. The van der Waals surface area contributed by atoms with Crippen molar-refractivity contribution in [2.75, 3.05) is 19.8 Å². The van der Waals surface area contributed by atoms with Gasteiger partial charge in [-0.3, -0.25) is 14.4 Å². The van der Waals surface area contributed by atoms with Gasteiger partial charge < -0.3 is 10.1 Å². The van der Waals surface area contributed by atoms with E-state index in [0.29, 0.717) is 23.7 Å². The molecule has 2 fully saturated rings. The van der Waals surface area contributed by atoms with Gasteiger partial charge in [0.15, 0.2) is 5.69 Å². The molecule has 4 rings (SSSR count). The first-order valence-electron chi connectivity index (χ1n) is 11.2. The highest BCUT2D eigenvalue weighted by molar-refractivity contribution is 6.05. The second-order valence-electron chi connectivity index (χ2n) is 9.02. The van der Waals surface area contributed by atoms with E-state index in [-0.39, 0.29) is 11.9 Å². The fraction of sp³-hybridized carbons (Fsp3) is 0.652. The van der Waals surface area contributed by atoms with Crippen LogP contribution in [0.15, 0.2) is 24.3 Å². The number of carbonyl (C=O) groups excluding carboxylic acids is 1. The molecule has 0 saturated carbocycles.